The third kappa shape index (κ3) is 7.23. The molecule has 1 heterocycles. The first-order chi connectivity index (χ1) is 15.2. The molecular formula is C26H30N2O3. The zero-order valence-electron chi connectivity index (χ0n) is 17.9. The zero-order valence-corrected chi connectivity index (χ0v) is 17.9. The Hall–Kier alpha value is -3.18. The summed E-state index contributed by atoms with van der Waals surface area (Å²) in [6.45, 7) is 2.75. The van der Waals surface area contributed by atoms with Gasteiger partial charge in [0.25, 0.3) is 0 Å². The second-order valence-corrected chi connectivity index (χ2v) is 7.46. The number of pyridine rings is 1. The monoisotopic (exact) mass is 418 g/mol. The Balaban J connectivity index is 1.55. The molecule has 1 unspecified atom stereocenters. The van der Waals surface area contributed by atoms with E-state index in [0.29, 0.717) is 26.1 Å². The maximum absolute atomic E-state index is 12.1. The molecule has 2 N–H and O–H groups in total. The minimum absolute atomic E-state index is 0.0726. The van der Waals surface area contributed by atoms with Gasteiger partial charge in [0, 0.05) is 12.6 Å². The van der Waals surface area contributed by atoms with E-state index in [4.69, 9.17) is 15.2 Å². The first-order valence-electron chi connectivity index (χ1n) is 10.7. The number of hydrogen-bond donors (Lipinski definition) is 1. The van der Waals surface area contributed by atoms with Gasteiger partial charge in [-0.1, -0.05) is 48.5 Å². The van der Waals surface area contributed by atoms with Crippen LogP contribution in [0.1, 0.15) is 48.5 Å². The number of nitrogens with zero attached hydrogens (tertiary/aromatic N) is 1. The summed E-state index contributed by atoms with van der Waals surface area (Å²) in [6, 6.07) is 23.7. The molecule has 31 heavy (non-hydrogen) atoms. The lowest BCUT2D eigenvalue weighted by Gasteiger charge is -2.17. The van der Waals surface area contributed by atoms with Crippen molar-refractivity contribution in [1.29, 1.82) is 0 Å². The Bertz CT molecular complexity index is 914. The van der Waals surface area contributed by atoms with Crippen LogP contribution in [-0.4, -0.2) is 24.2 Å². The molecule has 0 radical (unpaired) electrons. The van der Waals surface area contributed by atoms with Gasteiger partial charge in [0.15, 0.2) is 0 Å². The number of nitrogens with two attached hydrogens (primary N) is 1. The predicted octanol–water partition coefficient (Wildman–Crippen LogP) is 4.83. The molecule has 1 aromatic heterocycles. The van der Waals surface area contributed by atoms with Gasteiger partial charge in [-0.25, -0.2) is 0 Å². The molecule has 0 saturated heterocycles. The summed E-state index contributed by atoms with van der Waals surface area (Å²) < 4.78 is 11.0. The van der Waals surface area contributed by atoms with Crippen molar-refractivity contribution in [3.63, 3.8) is 0 Å². The van der Waals surface area contributed by atoms with E-state index in [9.17, 15) is 4.79 Å². The zero-order chi connectivity index (χ0) is 21.9. The maximum atomic E-state index is 12.1. The SMILES string of the molecule is CCOC(=O)CC(Cc1ccc(OCC[C@H](N)c2ccccn2)cc1)c1ccccc1. The van der Waals surface area contributed by atoms with E-state index >= 15 is 0 Å². The fraction of sp³-hybridized carbons (Fsp3) is 0.308. The lowest BCUT2D eigenvalue weighted by molar-refractivity contribution is -0.143. The molecule has 3 aromatic rings. The van der Waals surface area contributed by atoms with E-state index in [0.717, 1.165) is 29.0 Å². The molecule has 0 aliphatic heterocycles. The highest BCUT2D eigenvalue weighted by molar-refractivity contribution is 5.70. The van der Waals surface area contributed by atoms with Gasteiger partial charge in [0.1, 0.15) is 5.75 Å². The molecule has 2 atom stereocenters. The van der Waals surface area contributed by atoms with Crippen molar-refractivity contribution in [2.24, 2.45) is 5.73 Å². The summed E-state index contributed by atoms with van der Waals surface area (Å²) in [5, 5.41) is 0. The van der Waals surface area contributed by atoms with Gasteiger partial charge in [-0.05, 0) is 54.7 Å². The van der Waals surface area contributed by atoms with Gasteiger partial charge in [-0.2, -0.15) is 0 Å². The van der Waals surface area contributed by atoms with Crippen LogP contribution < -0.4 is 10.5 Å². The van der Waals surface area contributed by atoms with E-state index in [1.54, 1.807) is 6.20 Å². The minimum atomic E-state index is -0.166. The lowest BCUT2D eigenvalue weighted by Crippen LogP contribution is -2.15. The van der Waals surface area contributed by atoms with Crippen LogP contribution in [0, 0.1) is 0 Å². The van der Waals surface area contributed by atoms with Crippen LogP contribution in [-0.2, 0) is 16.0 Å². The van der Waals surface area contributed by atoms with Crippen molar-refractivity contribution in [3.8, 4) is 5.75 Å². The normalized spacial score (nSPS) is 12.7. The van der Waals surface area contributed by atoms with Crippen molar-refractivity contribution in [3.05, 3.63) is 95.8 Å². The Morgan fingerprint density at radius 2 is 1.74 bits per heavy atom. The van der Waals surface area contributed by atoms with Crippen LogP contribution in [0.3, 0.4) is 0 Å². The van der Waals surface area contributed by atoms with Gasteiger partial charge < -0.3 is 15.2 Å². The number of benzene rings is 2. The van der Waals surface area contributed by atoms with Crippen LogP contribution in [0.25, 0.3) is 0 Å². The first kappa shape index (κ1) is 22.5. The van der Waals surface area contributed by atoms with Crippen molar-refractivity contribution < 1.29 is 14.3 Å². The molecule has 0 amide bonds. The quantitative estimate of drug-likeness (QED) is 0.452. The molecule has 0 fully saturated rings. The average Bonchev–Trinajstić information content (AvgIpc) is 2.81. The van der Waals surface area contributed by atoms with Crippen molar-refractivity contribution in [1.82, 2.24) is 4.98 Å². The second-order valence-electron chi connectivity index (χ2n) is 7.46. The maximum Gasteiger partial charge on any atom is 0.306 e. The number of rotatable bonds is 11. The average molecular weight is 419 g/mol. The summed E-state index contributed by atoms with van der Waals surface area (Å²) in [5.41, 5.74) is 9.33. The number of ether oxygens (including phenoxy) is 2. The third-order valence-corrected chi connectivity index (χ3v) is 5.16. The van der Waals surface area contributed by atoms with Gasteiger partial charge >= 0.3 is 5.97 Å². The van der Waals surface area contributed by atoms with E-state index in [-0.39, 0.29) is 17.9 Å². The highest BCUT2D eigenvalue weighted by Gasteiger charge is 2.17. The highest BCUT2D eigenvalue weighted by atomic mass is 16.5. The Morgan fingerprint density at radius 3 is 2.42 bits per heavy atom. The smallest absolute Gasteiger partial charge is 0.306 e. The lowest BCUT2D eigenvalue weighted by atomic mass is 9.89. The van der Waals surface area contributed by atoms with Crippen molar-refractivity contribution in [2.75, 3.05) is 13.2 Å². The summed E-state index contributed by atoms with van der Waals surface area (Å²) in [6.07, 6.45) is 3.56. The van der Waals surface area contributed by atoms with E-state index < -0.39 is 0 Å². The topological polar surface area (TPSA) is 74.4 Å². The molecule has 0 spiro atoms. The Labute approximate surface area is 184 Å². The fourth-order valence-corrected chi connectivity index (χ4v) is 3.51. The summed E-state index contributed by atoms with van der Waals surface area (Å²) in [5.74, 6) is 0.711. The highest BCUT2D eigenvalue weighted by Crippen LogP contribution is 2.26. The Kier molecular flexibility index (Phi) is 8.61. The second kappa shape index (κ2) is 11.9. The molecule has 0 bridgehead atoms. The molecule has 0 saturated carbocycles. The minimum Gasteiger partial charge on any atom is -0.494 e. The van der Waals surface area contributed by atoms with Crippen LogP contribution in [0.2, 0.25) is 0 Å². The number of hydrogen-bond acceptors (Lipinski definition) is 5. The predicted molar refractivity (Wildman–Crippen MR) is 122 cm³/mol. The molecule has 0 aliphatic carbocycles. The standard InChI is InChI=1S/C26H30N2O3/c1-2-30-26(29)19-22(21-8-4-3-5-9-21)18-20-11-13-23(14-12-20)31-17-15-24(27)25-10-6-7-16-28-25/h3-14,16,22,24H,2,15,17-19,27H2,1H3/t22?,24-/m0/s1. The number of carbonyl (C=O) groups excluding carboxylic acids is 1. The number of carbonyl (C=O) groups is 1. The van der Waals surface area contributed by atoms with Crippen LogP contribution in [0.4, 0.5) is 0 Å². The van der Waals surface area contributed by atoms with Crippen molar-refractivity contribution >= 4 is 5.97 Å². The van der Waals surface area contributed by atoms with Gasteiger partial charge in [0.2, 0.25) is 0 Å². The fourth-order valence-electron chi connectivity index (χ4n) is 3.51. The molecule has 162 valence electrons. The molecule has 3 rings (SSSR count). The van der Waals surface area contributed by atoms with E-state index in [1.807, 2.05) is 55.5 Å². The van der Waals surface area contributed by atoms with Crippen LogP contribution >= 0.6 is 0 Å². The molecule has 5 nitrogen and oxygen atoms in total. The largest absolute Gasteiger partial charge is 0.494 e. The Morgan fingerprint density at radius 1 is 1.00 bits per heavy atom. The number of aromatic nitrogens is 1. The molecule has 0 aliphatic rings. The summed E-state index contributed by atoms with van der Waals surface area (Å²) in [7, 11) is 0. The van der Waals surface area contributed by atoms with E-state index in [1.165, 1.54) is 0 Å². The van der Waals surface area contributed by atoms with Gasteiger partial charge in [-0.3, -0.25) is 9.78 Å². The van der Waals surface area contributed by atoms with Gasteiger partial charge in [0.05, 0.1) is 31.4 Å². The van der Waals surface area contributed by atoms with Crippen LogP contribution in [0.5, 0.6) is 5.75 Å². The molecule has 2 aromatic carbocycles. The van der Waals surface area contributed by atoms with Crippen molar-refractivity contribution in [2.45, 2.75) is 38.1 Å². The van der Waals surface area contributed by atoms with E-state index in [2.05, 4.69) is 29.2 Å². The summed E-state index contributed by atoms with van der Waals surface area (Å²) >= 11 is 0. The third-order valence-electron chi connectivity index (χ3n) is 5.16. The first-order valence-corrected chi connectivity index (χ1v) is 10.7. The molecule has 5 heteroatoms. The summed E-state index contributed by atoms with van der Waals surface area (Å²) in [4.78, 5) is 16.4. The number of esters is 1. The molecular weight excluding hydrogens is 388 g/mol. The van der Waals surface area contributed by atoms with Gasteiger partial charge in [-0.15, -0.1) is 0 Å². The van der Waals surface area contributed by atoms with Crippen LogP contribution in [0.15, 0.2) is 79.0 Å².